The summed E-state index contributed by atoms with van der Waals surface area (Å²) in [6, 6.07) is 4.16. The van der Waals surface area contributed by atoms with Gasteiger partial charge in [-0.05, 0) is 25.1 Å². The van der Waals surface area contributed by atoms with E-state index in [0.29, 0.717) is 0 Å². The number of nitrogens with zero attached hydrogens (tertiary/aromatic N) is 1. The van der Waals surface area contributed by atoms with Gasteiger partial charge in [-0.25, -0.2) is 19.0 Å². The van der Waals surface area contributed by atoms with Crippen LogP contribution in [0, 0.1) is 5.82 Å². The number of esters is 1. The van der Waals surface area contributed by atoms with Crippen LogP contribution in [0.5, 0.6) is 17.4 Å². The standard InChI is InChI=1S/C18H17ClFN3O6/c1-3-27-16(25)9-28-17-14(5-4-6-21-17)29-15-8-13(12(20)7-11(15)19)23-18(26)22-10(2)24/h4-8H,3,9H2,1-2H3,(H2,22,23,24,26). The molecule has 0 saturated heterocycles. The molecule has 0 aliphatic carbocycles. The van der Waals surface area contributed by atoms with Crippen molar-refractivity contribution in [3.63, 3.8) is 0 Å². The lowest BCUT2D eigenvalue weighted by atomic mass is 10.3. The van der Waals surface area contributed by atoms with Gasteiger partial charge in [0.05, 0.1) is 17.3 Å². The summed E-state index contributed by atoms with van der Waals surface area (Å²) in [5.74, 6) is -2.01. The highest BCUT2D eigenvalue weighted by Gasteiger charge is 2.16. The van der Waals surface area contributed by atoms with Gasteiger partial charge in [-0.15, -0.1) is 0 Å². The first-order valence-corrected chi connectivity index (χ1v) is 8.66. The molecule has 11 heteroatoms. The molecule has 2 N–H and O–H groups in total. The first-order chi connectivity index (χ1) is 13.8. The normalized spacial score (nSPS) is 10.1. The van der Waals surface area contributed by atoms with E-state index in [-0.39, 0.29) is 34.7 Å². The first-order valence-electron chi connectivity index (χ1n) is 8.29. The van der Waals surface area contributed by atoms with Gasteiger partial charge in [-0.2, -0.15) is 0 Å². The van der Waals surface area contributed by atoms with Gasteiger partial charge >= 0.3 is 12.0 Å². The number of urea groups is 1. The van der Waals surface area contributed by atoms with Gasteiger partial charge in [0.2, 0.25) is 5.91 Å². The molecular weight excluding hydrogens is 409 g/mol. The Labute approximate surface area is 170 Å². The zero-order valence-corrected chi connectivity index (χ0v) is 16.2. The highest BCUT2D eigenvalue weighted by Crippen LogP contribution is 2.36. The van der Waals surface area contributed by atoms with Gasteiger partial charge < -0.3 is 19.5 Å². The molecular formula is C18H17ClFN3O6. The number of hydrogen-bond donors (Lipinski definition) is 2. The molecule has 0 saturated carbocycles. The number of hydrogen-bond acceptors (Lipinski definition) is 7. The molecule has 2 aromatic rings. The van der Waals surface area contributed by atoms with Crippen molar-refractivity contribution in [2.45, 2.75) is 13.8 Å². The van der Waals surface area contributed by atoms with Crippen LogP contribution in [-0.2, 0) is 14.3 Å². The fourth-order valence-electron chi connectivity index (χ4n) is 2.03. The maximum atomic E-state index is 14.1. The van der Waals surface area contributed by atoms with E-state index in [9.17, 15) is 18.8 Å². The number of anilines is 1. The van der Waals surface area contributed by atoms with Gasteiger partial charge in [0.1, 0.15) is 11.6 Å². The van der Waals surface area contributed by atoms with Crippen molar-refractivity contribution in [3.8, 4) is 17.4 Å². The lowest BCUT2D eigenvalue weighted by Crippen LogP contribution is -2.32. The highest BCUT2D eigenvalue weighted by molar-refractivity contribution is 6.32. The summed E-state index contributed by atoms with van der Waals surface area (Å²) in [5, 5.41) is 4.02. The molecule has 0 bridgehead atoms. The zero-order chi connectivity index (χ0) is 21.4. The molecule has 0 atom stereocenters. The van der Waals surface area contributed by atoms with Gasteiger partial charge in [0.25, 0.3) is 5.88 Å². The van der Waals surface area contributed by atoms with E-state index in [1.54, 1.807) is 13.0 Å². The maximum Gasteiger partial charge on any atom is 0.344 e. The number of pyridine rings is 1. The molecule has 1 heterocycles. The molecule has 0 spiro atoms. The molecule has 1 aromatic carbocycles. The van der Waals surface area contributed by atoms with Crippen LogP contribution in [0.1, 0.15) is 13.8 Å². The van der Waals surface area contributed by atoms with Gasteiger partial charge in [0.15, 0.2) is 12.4 Å². The molecule has 2 rings (SSSR count). The second kappa shape index (κ2) is 10.2. The van der Waals surface area contributed by atoms with Crippen molar-refractivity contribution in [1.29, 1.82) is 0 Å². The van der Waals surface area contributed by atoms with Gasteiger partial charge in [-0.1, -0.05) is 11.6 Å². The summed E-state index contributed by atoms with van der Waals surface area (Å²) >= 11 is 6.01. The summed E-state index contributed by atoms with van der Waals surface area (Å²) < 4.78 is 29.7. The number of carbonyl (C=O) groups is 3. The Kier molecular flexibility index (Phi) is 7.72. The number of rotatable bonds is 7. The van der Waals surface area contributed by atoms with Crippen LogP contribution in [0.4, 0.5) is 14.9 Å². The minimum absolute atomic E-state index is 0.0234. The van der Waals surface area contributed by atoms with E-state index in [2.05, 4.69) is 10.3 Å². The number of aromatic nitrogens is 1. The Hall–Kier alpha value is -3.40. The van der Waals surface area contributed by atoms with Crippen molar-refractivity contribution < 1.29 is 33.0 Å². The van der Waals surface area contributed by atoms with Gasteiger partial charge in [0, 0.05) is 19.2 Å². The Morgan fingerprint density at radius 2 is 2.00 bits per heavy atom. The predicted octanol–water partition coefficient (Wildman–Crippen LogP) is 3.28. The molecule has 0 unspecified atom stereocenters. The summed E-state index contributed by atoms with van der Waals surface area (Å²) in [6.45, 7) is 2.60. The van der Waals surface area contributed by atoms with Crippen LogP contribution in [-0.4, -0.2) is 36.1 Å². The number of nitrogens with one attached hydrogen (secondary N) is 2. The Morgan fingerprint density at radius 1 is 1.24 bits per heavy atom. The minimum atomic E-state index is -0.926. The number of halogens is 2. The molecule has 29 heavy (non-hydrogen) atoms. The first kappa shape index (κ1) is 21.9. The van der Waals surface area contributed by atoms with Gasteiger partial charge in [-0.3, -0.25) is 10.1 Å². The van der Waals surface area contributed by atoms with Crippen LogP contribution >= 0.6 is 11.6 Å². The van der Waals surface area contributed by atoms with E-state index in [1.807, 2.05) is 5.32 Å². The zero-order valence-electron chi connectivity index (χ0n) is 15.5. The molecule has 0 fully saturated rings. The Morgan fingerprint density at radius 3 is 2.69 bits per heavy atom. The Bertz CT molecular complexity index is 924. The maximum absolute atomic E-state index is 14.1. The molecule has 154 valence electrons. The second-order valence-corrected chi connectivity index (χ2v) is 5.81. The minimum Gasteiger partial charge on any atom is -0.463 e. The third kappa shape index (κ3) is 6.61. The van der Waals surface area contributed by atoms with Crippen molar-refractivity contribution >= 4 is 35.2 Å². The van der Waals surface area contributed by atoms with E-state index in [0.717, 1.165) is 19.1 Å². The summed E-state index contributed by atoms with van der Waals surface area (Å²) in [6.07, 6.45) is 1.42. The van der Waals surface area contributed by atoms with Crippen molar-refractivity contribution in [2.24, 2.45) is 0 Å². The summed E-state index contributed by atoms with van der Waals surface area (Å²) in [7, 11) is 0. The quantitative estimate of drug-likeness (QED) is 0.654. The van der Waals surface area contributed by atoms with Crippen LogP contribution in [0.15, 0.2) is 30.5 Å². The third-order valence-electron chi connectivity index (χ3n) is 3.15. The average Bonchev–Trinajstić information content (AvgIpc) is 2.64. The molecule has 0 aliphatic rings. The SMILES string of the molecule is CCOC(=O)COc1ncccc1Oc1cc(NC(=O)NC(C)=O)c(F)cc1Cl. The molecule has 1 aromatic heterocycles. The van der Waals surface area contributed by atoms with Crippen LogP contribution in [0.3, 0.4) is 0 Å². The fraction of sp³-hybridized carbons (Fsp3) is 0.222. The average molecular weight is 426 g/mol. The van der Waals surface area contributed by atoms with Crippen LogP contribution in [0.25, 0.3) is 0 Å². The summed E-state index contributed by atoms with van der Waals surface area (Å²) in [5.41, 5.74) is -0.277. The van der Waals surface area contributed by atoms with E-state index < -0.39 is 30.3 Å². The van der Waals surface area contributed by atoms with E-state index >= 15 is 0 Å². The number of imide groups is 1. The largest absolute Gasteiger partial charge is 0.463 e. The van der Waals surface area contributed by atoms with E-state index in [4.69, 9.17) is 25.8 Å². The number of ether oxygens (including phenoxy) is 3. The monoisotopic (exact) mass is 425 g/mol. The number of carbonyl (C=O) groups excluding carboxylic acids is 3. The topological polar surface area (TPSA) is 116 Å². The van der Waals surface area contributed by atoms with Crippen molar-refractivity contribution in [1.82, 2.24) is 10.3 Å². The lowest BCUT2D eigenvalue weighted by molar-refractivity contribution is -0.145. The second-order valence-electron chi connectivity index (χ2n) is 5.40. The number of benzene rings is 1. The molecule has 3 amide bonds. The third-order valence-corrected chi connectivity index (χ3v) is 3.44. The van der Waals surface area contributed by atoms with Crippen molar-refractivity contribution in [2.75, 3.05) is 18.5 Å². The van der Waals surface area contributed by atoms with Crippen LogP contribution < -0.4 is 20.1 Å². The lowest BCUT2D eigenvalue weighted by Gasteiger charge is -2.14. The van der Waals surface area contributed by atoms with Crippen molar-refractivity contribution in [3.05, 3.63) is 41.3 Å². The summed E-state index contributed by atoms with van der Waals surface area (Å²) in [4.78, 5) is 38.0. The predicted molar refractivity (Wildman–Crippen MR) is 101 cm³/mol. The van der Waals surface area contributed by atoms with Crippen LogP contribution in [0.2, 0.25) is 5.02 Å². The smallest absolute Gasteiger partial charge is 0.344 e. The van der Waals surface area contributed by atoms with E-state index in [1.165, 1.54) is 12.3 Å². The fourth-order valence-corrected chi connectivity index (χ4v) is 2.22. The molecule has 0 radical (unpaired) electrons. The highest BCUT2D eigenvalue weighted by atomic mass is 35.5. The molecule has 9 nitrogen and oxygen atoms in total. The molecule has 0 aliphatic heterocycles. The Balaban J connectivity index is 2.21. The number of amides is 3.